The van der Waals surface area contributed by atoms with E-state index in [1.54, 1.807) is 30.3 Å². The number of nitrogens with one attached hydrogen (secondary N) is 1. The molecular weight excluding hydrogens is 442 g/mol. The molecule has 3 aromatic rings. The standard InChI is InChI=1S/C24H23N3O5S/c1-30-18-5-4-6-19(16-18)33(28,29)26-17-9-10-22-20(15-17)24(27-11-13-31-14-12-27)25-21-7-2-3-8-23(21)32-22/h2-10,15-16,26H,11-14H2,1H3. The lowest BCUT2D eigenvalue weighted by Crippen LogP contribution is -2.41. The average Bonchev–Trinajstić information content (AvgIpc) is 3.01. The number of hydrogen-bond acceptors (Lipinski definition) is 7. The van der Waals surface area contributed by atoms with E-state index < -0.39 is 10.0 Å². The lowest BCUT2D eigenvalue weighted by atomic mass is 10.1. The van der Waals surface area contributed by atoms with Crippen LogP contribution in [-0.2, 0) is 14.8 Å². The maximum absolute atomic E-state index is 13.0. The molecule has 1 saturated heterocycles. The number of nitrogens with zero attached hydrogens (tertiary/aromatic N) is 2. The van der Waals surface area contributed by atoms with Crippen molar-refractivity contribution >= 4 is 27.2 Å². The molecule has 0 saturated carbocycles. The monoisotopic (exact) mass is 465 g/mol. The highest BCUT2D eigenvalue weighted by Crippen LogP contribution is 2.39. The van der Waals surface area contributed by atoms with Gasteiger partial charge in [-0.3, -0.25) is 4.72 Å². The van der Waals surface area contributed by atoms with Crippen molar-refractivity contribution in [2.75, 3.05) is 38.1 Å². The van der Waals surface area contributed by atoms with Crippen molar-refractivity contribution in [2.24, 2.45) is 4.99 Å². The predicted octanol–water partition coefficient (Wildman–Crippen LogP) is 4.01. The number of amidine groups is 1. The fourth-order valence-electron chi connectivity index (χ4n) is 3.78. The molecule has 8 nitrogen and oxygen atoms in total. The van der Waals surface area contributed by atoms with Gasteiger partial charge in [0.1, 0.15) is 23.0 Å². The van der Waals surface area contributed by atoms with Gasteiger partial charge in [0.05, 0.1) is 30.8 Å². The first kappa shape index (κ1) is 21.3. The van der Waals surface area contributed by atoms with Crippen LogP contribution in [0.25, 0.3) is 0 Å². The summed E-state index contributed by atoms with van der Waals surface area (Å²) in [4.78, 5) is 7.14. The number of benzene rings is 3. The molecule has 9 heteroatoms. The molecule has 0 aliphatic carbocycles. The Hall–Kier alpha value is -3.56. The number of sulfonamides is 1. The Morgan fingerprint density at radius 3 is 2.61 bits per heavy atom. The van der Waals surface area contributed by atoms with E-state index in [4.69, 9.17) is 19.2 Å². The number of rotatable bonds is 4. The number of methoxy groups -OCH3 is 1. The number of para-hydroxylation sites is 2. The van der Waals surface area contributed by atoms with Gasteiger partial charge in [-0.25, -0.2) is 13.4 Å². The molecule has 2 heterocycles. The molecule has 1 N–H and O–H groups in total. The summed E-state index contributed by atoms with van der Waals surface area (Å²) in [6.45, 7) is 2.55. The Balaban J connectivity index is 1.54. The van der Waals surface area contributed by atoms with Crippen LogP contribution < -0.4 is 14.2 Å². The molecule has 0 aromatic heterocycles. The Labute approximate surface area is 192 Å². The smallest absolute Gasteiger partial charge is 0.262 e. The second kappa shape index (κ2) is 8.76. The Kier molecular flexibility index (Phi) is 5.65. The Morgan fingerprint density at radius 2 is 1.79 bits per heavy atom. The van der Waals surface area contributed by atoms with Crippen LogP contribution in [0.2, 0.25) is 0 Å². The van der Waals surface area contributed by atoms with Crippen molar-refractivity contribution in [2.45, 2.75) is 4.90 Å². The quantitative estimate of drug-likeness (QED) is 0.626. The summed E-state index contributed by atoms with van der Waals surface area (Å²) in [5.74, 6) is 2.44. The molecule has 2 aliphatic rings. The SMILES string of the molecule is COc1cccc(S(=O)(=O)Nc2ccc3c(c2)C(N2CCOCC2)=Nc2ccccc2O3)c1. The van der Waals surface area contributed by atoms with E-state index in [0.717, 1.165) is 5.84 Å². The maximum atomic E-state index is 13.0. The highest BCUT2D eigenvalue weighted by atomic mass is 32.2. The average molecular weight is 466 g/mol. The zero-order valence-electron chi connectivity index (χ0n) is 18.0. The van der Waals surface area contributed by atoms with Gasteiger partial charge < -0.3 is 19.1 Å². The molecular formula is C24H23N3O5S. The number of aliphatic imine (C=N–C) groups is 1. The number of morpholine rings is 1. The third-order valence-corrected chi connectivity index (χ3v) is 6.83. The molecule has 1 fully saturated rings. The van der Waals surface area contributed by atoms with Crippen LogP contribution in [0.4, 0.5) is 11.4 Å². The van der Waals surface area contributed by atoms with Gasteiger partial charge in [-0.05, 0) is 42.5 Å². The molecule has 0 radical (unpaired) electrons. The van der Waals surface area contributed by atoms with E-state index in [-0.39, 0.29) is 4.90 Å². The largest absolute Gasteiger partial charge is 0.497 e. The topological polar surface area (TPSA) is 89.5 Å². The minimum Gasteiger partial charge on any atom is -0.497 e. The van der Waals surface area contributed by atoms with Crippen LogP contribution >= 0.6 is 0 Å². The van der Waals surface area contributed by atoms with Gasteiger partial charge >= 0.3 is 0 Å². The number of ether oxygens (including phenoxy) is 3. The number of fused-ring (bicyclic) bond motifs is 2. The van der Waals surface area contributed by atoms with Crippen LogP contribution in [0.15, 0.2) is 76.6 Å². The van der Waals surface area contributed by atoms with Gasteiger partial charge in [0.2, 0.25) is 0 Å². The first-order valence-corrected chi connectivity index (χ1v) is 12.0. The van der Waals surface area contributed by atoms with E-state index >= 15 is 0 Å². The van der Waals surface area contributed by atoms with E-state index in [9.17, 15) is 8.42 Å². The first-order valence-electron chi connectivity index (χ1n) is 10.5. The molecule has 0 bridgehead atoms. The Bertz CT molecular complexity index is 1320. The van der Waals surface area contributed by atoms with Gasteiger partial charge in [-0.2, -0.15) is 0 Å². The summed E-state index contributed by atoms with van der Waals surface area (Å²) in [5.41, 5.74) is 1.83. The van der Waals surface area contributed by atoms with Crippen molar-refractivity contribution in [3.63, 3.8) is 0 Å². The van der Waals surface area contributed by atoms with E-state index in [1.165, 1.54) is 19.2 Å². The summed E-state index contributed by atoms with van der Waals surface area (Å²) in [5, 5.41) is 0. The second-order valence-electron chi connectivity index (χ2n) is 7.60. The summed E-state index contributed by atoms with van der Waals surface area (Å²) in [6.07, 6.45) is 0. The minimum absolute atomic E-state index is 0.113. The van der Waals surface area contributed by atoms with Crippen LogP contribution in [0.3, 0.4) is 0 Å². The summed E-state index contributed by atoms with van der Waals surface area (Å²) >= 11 is 0. The van der Waals surface area contributed by atoms with E-state index in [2.05, 4.69) is 9.62 Å². The van der Waals surface area contributed by atoms with Gasteiger partial charge in [0.25, 0.3) is 10.0 Å². The molecule has 3 aromatic carbocycles. The molecule has 0 amide bonds. The van der Waals surface area contributed by atoms with Crippen LogP contribution in [0.5, 0.6) is 17.2 Å². The summed E-state index contributed by atoms with van der Waals surface area (Å²) < 4.78 is 45.5. The van der Waals surface area contributed by atoms with E-state index in [1.807, 2.05) is 24.3 Å². The Morgan fingerprint density at radius 1 is 0.970 bits per heavy atom. The van der Waals surface area contributed by atoms with Gasteiger partial charge in [0, 0.05) is 24.8 Å². The summed E-state index contributed by atoms with van der Waals surface area (Å²) in [7, 11) is -2.33. The molecule has 0 unspecified atom stereocenters. The van der Waals surface area contributed by atoms with Crippen LogP contribution in [-0.4, -0.2) is 52.6 Å². The third-order valence-electron chi connectivity index (χ3n) is 5.45. The third kappa shape index (κ3) is 4.37. The van der Waals surface area contributed by atoms with Crippen molar-refractivity contribution < 1.29 is 22.6 Å². The van der Waals surface area contributed by atoms with Crippen molar-refractivity contribution in [1.82, 2.24) is 4.90 Å². The fraction of sp³-hybridized carbons (Fsp3) is 0.208. The van der Waals surface area contributed by atoms with Gasteiger partial charge in [-0.15, -0.1) is 0 Å². The molecule has 0 spiro atoms. The normalized spacial score (nSPS) is 15.4. The van der Waals surface area contributed by atoms with E-state index in [0.29, 0.717) is 60.5 Å². The molecule has 170 valence electrons. The van der Waals surface area contributed by atoms with Crippen molar-refractivity contribution in [3.05, 3.63) is 72.3 Å². The molecule has 0 atom stereocenters. The van der Waals surface area contributed by atoms with Gasteiger partial charge in [-0.1, -0.05) is 18.2 Å². The lowest BCUT2D eigenvalue weighted by Gasteiger charge is -2.30. The second-order valence-corrected chi connectivity index (χ2v) is 9.28. The highest BCUT2D eigenvalue weighted by Gasteiger charge is 2.25. The maximum Gasteiger partial charge on any atom is 0.262 e. The van der Waals surface area contributed by atoms with Crippen molar-refractivity contribution in [1.29, 1.82) is 0 Å². The molecule has 2 aliphatic heterocycles. The predicted molar refractivity (Wildman–Crippen MR) is 125 cm³/mol. The summed E-state index contributed by atoms with van der Waals surface area (Å²) in [6, 6.07) is 19.1. The van der Waals surface area contributed by atoms with Crippen LogP contribution in [0.1, 0.15) is 5.56 Å². The molecule has 33 heavy (non-hydrogen) atoms. The zero-order valence-corrected chi connectivity index (χ0v) is 18.8. The zero-order chi connectivity index (χ0) is 22.8. The number of anilines is 1. The van der Waals surface area contributed by atoms with Gasteiger partial charge in [0.15, 0.2) is 5.75 Å². The number of hydrogen-bond donors (Lipinski definition) is 1. The highest BCUT2D eigenvalue weighted by molar-refractivity contribution is 7.92. The fourth-order valence-corrected chi connectivity index (χ4v) is 4.87. The first-order chi connectivity index (χ1) is 16.0. The van der Waals surface area contributed by atoms with Crippen LogP contribution in [0, 0.1) is 0 Å². The lowest BCUT2D eigenvalue weighted by molar-refractivity contribution is 0.0683. The minimum atomic E-state index is -3.82. The van der Waals surface area contributed by atoms with Crippen molar-refractivity contribution in [3.8, 4) is 17.2 Å². The molecule has 5 rings (SSSR count).